The van der Waals surface area contributed by atoms with Gasteiger partial charge in [0.15, 0.2) is 0 Å². The van der Waals surface area contributed by atoms with E-state index < -0.39 is 5.97 Å². The number of benzene rings is 2. The van der Waals surface area contributed by atoms with Crippen LogP contribution in [0.25, 0.3) is 0 Å². The minimum Gasteiger partial charge on any atom is -0.481 e. The molecule has 0 saturated heterocycles. The average Bonchev–Trinajstić information content (AvgIpc) is 2.50. The van der Waals surface area contributed by atoms with Crippen molar-refractivity contribution in [2.75, 3.05) is 0 Å². The van der Waals surface area contributed by atoms with Crippen LogP contribution in [-0.4, -0.2) is 16.9 Å². The molecule has 23 heavy (non-hydrogen) atoms. The van der Waals surface area contributed by atoms with Gasteiger partial charge in [-0.25, -0.2) is 0 Å². The van der Waals surface area contributed by atoms with Crippen LogP contribution in [0.15, 0.2) is 48.5 Å². The number of aliphatic carboxylic acids is 1. The largest absolute Gasteiger partial charge is 0.481 e. The maximum atomic E-state index is 10.9. The van der Waals surface area contributed by atoms with Crippen LogP contribution < -0.4 is 0 Å². The molecule has 0 aromatic heterocycles. The predicted molar refractivity (Wildman–Crippen MR) is 96.6 cm³/mol. The number of carboxylic acids is 1. The van der Waals surface area contributed by atoms with Crippen molar-refractivity contribution in [2.45, 2.75) is 18.2 Å². The maximum Gasteiger partial charge on any atom is 0.307 e. The number of halogens is 3. The number of hydrogen-bond acceptors (Lipinski definition) is 2. The number of carboxylic acid groups (broad SMARTS) is 1. The lowest BCUT2D eigenvalue weighted by atomic mass is 10.1. The first-order valence-electron chi connectivity index (χ1n) is 6.66. The SMILES string of the molecule is CC(=O)C(Br)c1ccc(Cl)cc1.O=C(O)Cc1ccc(Cl)cc1. The van der Waals surface area contributed by atoms with E-state index in [0.29, 0.717) is 10.0 Å². The van der Waals surface area contributed by atoms with Crippen molar-refractivity contribution in [1.82, 2.24) is 0 Å². The molecular formula is C17H15BrCl2O3. The van der Waals surface area contributed by atoms with Gasteiger partial charge in [0.25, 0.3) is 0 Å². The molecule has 0 saturated carbocycles. The van der Waals surface area contributed by atoms with Gasteiger partial charge in [0.1, 0.15) is 5.78 Å². The van der Waals surface area contributed by atoms with E-state index in [0.717, 1.165) is 11.1 Å². The summed E-state index contributed by atoms with van der Waals surface area (Å²) in [7, 11) is 0. The summed E-state index contributed by atoms with van der Waals surface area (Å²) in [6, 6.07) is 14.0. The van der Waals surface area contributed by atoms with Gasteiger partial charge < -0.3 is 5.11 Å². The van der Waals surface area contributed by atoms with Crippen molar-refractivity contribution in [3.8, 4) is 0 Å². The second kappa shape index (κ2) is 9.71. The molecule has 2 aromatic carbocycles. The second-order valence-corrected chi connectivity index (χ2v) is 6.51. The fourth-order valence-corrected chi connectivity index (χ4v) is 2.20. The standard InChI is InChI=1S/C9H8BrClO.C8H7ClO2/c1-6(12)9(10)7-2-4-8(11)5-3-7;9-7-3-1-6(2-4-7)5-8(10)11/h2-5,9H,1H3;1-4H,5H2,(H,10,11). The van der Waals surface area contributed by atoms with Crippen molar-refractivity contribution < 1.29 is 14.7 Å². The van der Waals surface area contributed by atoms with Crippen LogP contribution in [0.1, 0.15) is 22.9 Å². The van der Waals surface area contributed by atoms with Crippen LogP contribution in [0.3, 0.4) is 0 Å². The maximum absolute atomic E-state index is 10.9. The molecule has 0 spiro atoms. The zero-order valence-corrected chi connectivity index (χ0v) is 15.4. The van der Waals surface area contributed by atoms with Gasteiger partial charge in [-0.1, -0.05) is 63.4 Å². The summed E-state index contributed by atoms with van der Waals surface area (Å²) in [4.78, 5) is 21.0. The van der Waals surface area contributed by atoms with E-state index in [-0.39, 0.29) is 17.0 Å². The van der Waals surface area contributed by atoms with Gasteiger partial charge in [-0.3, -0.25) is 9.59 Å². The summed E-state index contributed by atoms with van der Waals surface area (Å²) in [6.07, 6.45) is 0.0527. The summed E-state index contributed by atoms with van der Waals surface area (Å²) in [5, 5.41) is 9.71. The van der Waals surface area contributed by atoms with Gasteiger partial charge >= 0.3 is 5.97 Å². The monoisotopic (exact) mass is 416 g/mol. The van der Waals surface area contributed by atoms with Crippen LogP contribution in [0, 0.1) is 0 Å². The second-order valence-electron chi connectivity index (χ2n) is 4.72. The van der Waals surface area contributed by atoms with E-state index in [9.17, 15) is 9.59 Å². The fraction of sp³-hybridized carbons (Fsp3) is 0.176. The summed E-state index contributed by atoms with van der Waals surface area (Å²) in [5.41, 5.74) is 1.70. The highest BCUT2D eigenvalue weighted by molar-refractivity contribution is 9.09. The first kappa shape index (κ1) is 19.7. The smallest absolute Gasteiger partial charge is 0.307 e. The molecule has 0 fully saturated rings. The molecule has 0 aliphatic heterocycles. The number of alkyl halides is 1. The molecule has 6 heteroatoms. The van der Waals surface area contributed by atoms with Crippen LogP contribution in [0.4, 0.5) is 0 Å². The number of rotatable bonds is 4. The Balaban J connectivity index is 0.000000231. The minimum absolute atomic E-state index is 0.0527. The summed E-state index contributed by atoms with van der Waals surface area (Å²) < 4.78 is 0. The third kappa shape index (κ3) is 7.64. The molecule has 0 heterocycles. The molecule has 0 aliphatic carbocycles. The van der Waals surface area contributed by atoms with Crippen molar-refractivity contribution in [2.24, 2.45) is 0 Å². The van der Waals surface area contributed by atoms with Crippen LogP contribution in [0.5, 0.6) is 0 Å². The Hall–Kier alpha value is -1.36. The topological polar surface area (TPSA) is 54.4 Å². The van der Waals surface area contributed by atoms with Gasteiger partial charge in [-0.05, 0) is 42.3 Å². The molecular weight excluding hydrogens is 403 g/mol. The summed E-state index contributed by atoms with van der Waals surface area (Å²) >= 11 is 14.6. The van der Waals surface area contributed by atoms with E-state index in [1.807, 2.05) is 12.1 Å². The highest BCUT2D eigenvalue weighted by atomic mass is 79.9. The Bertz CT molecular complexity index is 655. The summed E-state index contributed by atoms with van der Waals surface area (Å²) in [6.45, 7) is 1.55. The lowest BCUT2D eigenvalue weighted by Crippen LogP contribution is -2.00. The normalized spacial score (nSPS) is 11.1. The van der Waals surface area contributed by atoms with Crippen molar-refractivity contribution in [3.05, 3.63) is 69.7 Å². The van der Waals surface area contributed by atoms with Crippen molar-refractivity contribution in [1.29, 1.82) is 0 Å². The molecule has 0 aliphatic rings. The Morgan fingerprint density at radius 2 is 1.43 bits per heavy atom. The van der Waals surface area contributed by atoms with E-state index in [1.54, 1.807) is 43.3 Å². The molecule has 1 unspecified atom stereocenters. The lowest BCUT2D eigenvalue weighted by Gasteiger charge is -2.04. The predicted octanol–water partition coefficient (Wildman–Crippen LogP) is 5.33. The van der Waals surface area contributed by atoms with E-state index in [4.69, 9.17) is 28.3 Å². The Kier molecular flexibility index (Phi) is 8.31. The van der Waals surface area contributed by atoms with Gasteiger partial charge in [-0.2, -0.15) is 0 Å². The first-order valence-corrected chi connectivity index (χ1v) is 8.33. The number of carbonyl (C=O) groups excluding carboxylic acids is 1. The minimum atomic E-state index is -0.827. The zero-order valence-electron chi connectivity index (χ0n) is 12.3. The molecule has 0 bridgehead atoms. The van der Waals surface area contributed by atoms with Gasteiger partial charge in [0.2, 0.25) is 0 Å². The number of carbonyl (C=O) groups is 2. The van der Waals surface area contributed by atoms with E-state index >= 15 is 0 Å². The van der Waals surface area contributed by atoms with Crippen LogP contribution in [0.2, 0.25) is 10.0 Å². The molecule has 1 N–H and O–H groups in total. The third-order valence-corrected chi connectivity index (χ3v) is 4.47. The molecule has 3 nitrogen and oxygen atoms in total. The molecule has 0 amide bonds. The van der Waals surface area contributed by atoms with Crippen molar-refractivity contribution >= 4 is 50.9 Å². The lowest BCUT2D eigenvalue weighted by molar-refractivity contribution is -0.136. The van der Waals surface area contributed by atoms with Gasteiger partial charge in [0, 0.05) is 10.0 Å². The first-order chi connectivity index (χ1) is 10.8. The Morgan fingerprint density at radius 1 is 1.00 bits per heavy atom. The molecule has 1 atom stereocenters. The Labute approximate surface area is 153 Å². The average molecular weight is 418 g/mol. The molecule has 2 rings (SSSR count). The zero-order chi connectivity index (χ0) is 17.4. The number of hydrogen-bond donors (Lipinski definition) is 1. The fourth-order valence-electron chi connectivity index (χ4n) is 1.64. The van der Waals surface area contributed by atoms with E-state index in [1.165, 1.54) is 0 Å². The molecule has 2 aromatic rings. The van der Waals surface area contributed by atoms with E-state index in [2.05, 4.69) is 15.9 Å². The van der Waals surface area contributed by atoms with Gasteiger partial charge in [-0.15, -0.1) is 0 Å². The number of Topliss-reactive ketones (excluding diaryl/α,β-unsaturated/α-hetero) is 1. The van der Waals surface area contributed by atoms with Crippen LogP contribution >= 0.6 is 39.1 Å². The Morgan fingerprint density at radius 3 is 1.83 bits per heavy atom. The third-order valence-electron chi connectivity index (χ3n) is 2.79. The molecule has 0 radical (unpaired) electrons. The molecule has 122 valence electrons. The van der Waals surface area contributed by atoms with Crippen LogP contribution in [-0.2, 0) is 16.0 Å². The van der Waals surface area contributed by atoms with Gasteiger partial charge in [0.05, 0.1) is 11.2 Å². The number of ketones is 1. The highest BCUT2D eigenvalue weighted by Gasteiger charge is 2.11. The highest BCUT2D eigenvalue weighted by Crippen LogP contribution is 2.24. The van der Waals surface area contributed by atoms with Crippen molar-refractivity contribution in [3.63, 3.8) is 0 Å². The quantitative estimate of drug-likeness (QED) is 0.683. The summed E-state index contributed by atoms with van der Waals surface area (Å²) in [5.74, 6) is -0.732.